The fourth-order valence-electron chi connectivity index (χ4n) is 4.30. The summed E-state index contributed by atoms with van der Waals surface area (Å²) in [6.45, 7) is 17.3. The molecule has 0 bridgehead atoms. The quantitative estimate of drug-likeness (QED) is 0.497. The molecule has 1 amide bonds. The van der Waals surface area contributed by atoms with Gasteiger partial charge in [0, 0.05) is 42.6 Å². The van der Waals surface area contributed by atoms with Crippen molar-refractivity contribution in [2.75, 3.05) is 33.2 Å². The van der Waals surface area contributed by atoms with E-state index in [1.165, 1.54) is 12.1 Å². The van der Waals surface area contributed by atoms with E-state index < -0.39 is 24.1 Å². The van der Waals surface area contributed by atoms with Gasteiger partial charge < -0.3 is 23.8 Å². The number of rotatable bonds is 2. The predicted molar refractivity (Wildman–Crippen MR) is 125 cm³/mol. The maximum atomic E-state index is 13.9. The molecule has 182 valence electrons. The van der Waals surface area contributed by atoms with Gasteiger partial charge in [-0.15, -0.1) is 0 Å². The molecule has 3 heterocycles. The minimum absolute atomic E-state index is 0.164. The van der Waals surface area contributed by atoms with Crippen molar-refractivity contribution in [3.05, 3.63) is 29.6 Å². The van der Waals surface area contributed by atoms with Crippen molar-refractivity contribution in [2.45, 2.75) is 65.3 Å². The van der Waals surface area contributed by atoms with E-state index in [1.54, 1.807) is 11.0 Å². The van der Waals surface area contributed by atoms with Crippen LogP contribution in [0.15, 0.2) is 18.2 Å². The van der Waals surface area contributed by atoms with E-state index in [0.717, 1.165) is 26.2 Å². The van der Waals surface area contributed by atoms with Gasteiger partial charge in [-0.05, 0) is 61.6 Å². The number of nitrogens with zero attached hydrogens (tertiary/aromatic N) is 2. The molecule has 3 fully saturated rings. The normalized spacial score (nSPS) is 22.7. The van der Waals surface area contributed by atoms with Crippen molar-refractivity contribution in [1.29, 1.82) is 0 Å². The van der Waals surface area contributed by atoms with E-state index in [2.05, 4.69) is 11.9 Å². The van der Waals surface area contributed by atoms with Crippen LogP contribution in [0, 0.1) is 11.2 Å². The first-order valence-electron chi connectivity index (χ1n) is 11.3. The summed E-state index contributed by atoms with van der Waals surface area (Å²) >= 11 is 0. The molecular formula is C24H36BFN2O5. The van der Waals surface area contributed by atoms with Crippen molar-refractivity contribution >= 4 is 25.0 Å². The Hall–Kier alpha value is -1.97. The van der Waals surface area contributed by atoms with Crippen molar-refractivity contribution in [3.8, 4) is 0 Å². The first kappa shape index (κ1) is 25.7. The SMILES string of the molecule is CC1(C)OB(c2ccc(C=O)cc2F)OC1(C)C.CN1CC2(C1)CN(C(=O)OC(C)(C)C)C2. The fourth-order valence-corrected chi connectivity index (χ4v) is 4.30. The number of aldehydes is 1. The van der Waals surface area contributed by atoms with Crippen LogP contribution < -0.4 is 5.46 Å². The molecule has 7 nitrogen and oxygen atoms in total. The van der Waals surface area contributed by atoms with E-state index >= 15 is 0 Å². The Kier molecular flexibility index (Phi) is 6.74. The van der Waals surface area contributed by atoms with E-state index in [0.29, 0.717) is 22.7 Å². The lowest BCUT2D eigenvalue weighted by molar-refractivity contribution is -0.103. The number of hydrogen-bond acceptors (Lipinski definition) is 6. The number of benzene rings is 1. The Morgan fingerprint density at radius 3 is 2.06 bits per heavy atom. The molecule has 0 aromatic heterocycles. The van der Waals surface area contributed by atoms with Gasteiger partial charge in [-0.1, -0.05) is 12.1 Å². The Balaban J connectivity index is 0.000000189. The van der Waals surface area contributed by atoms with E-state index in [4.69, 9.17) is 14.0 Å². The van der Waals surface area contributed by atoms with Crippen molar-refractivity contribution in [2.24, 2.45) is 5.41 Å². The highest BCUT2D eigenvalue weighted by atomic mass is 19.1. The lowest BCUT2D eigenvalue weighted by atomic mass is 9.73. The Morgan fingerprint density at radius 2 is 1.64 bits per heavy atom. The molecule has 3 saturated heterocycles. The number of halogens is 1. The standard InChI is InChI=1S/C13H16BFO3.C11H20N2O2/c1-12(2)13(3,4)18-14(17-12)10-6-5-9(8-16)7-11(10)15;1-10(2,3)15-9(14)13-7-11(8-13)5-12(4)6-11/h5-8H,1-4H3;5-8H2,1-4H3. The van der Waals surface area contributed by atoms with E-state index in [9.17, 15) is 14.0 Å². The van der Waals surface area contributed by atoms with Gasteiger partial charge in [-0.3, -0.25) is 4.79 Å². The van der Waals surface area contributed by atoms with Crippen molar-refractivity contribution < 1.29 is 28.0 Å². The maximum Gasteiger partial charge on any atom is 0.497 e. The Morgan fingerprint density at radius 1 is 1.09 bits per heavy atom. The second-order valence-electron chi connectivity index (χ2n) is 11.5. The van der Waals surface area contributed by atoms with Crippen LogP contribution in [-0.2, 0) is 14.0 Å². The Bertz CT molecular complexity index is 885. The highest BCUT2D eigenvalue weighted by Crippen LogP contribution is 2.39. The summed E-state index contributed by atoms with van der Waals surface area (Å²) in [4.78, 5) is 26.3. The largest absolute Gasteiger partial charge is 0.497 e. The summed E-state index contributed by atoms with van der Waals surface area (Å²) in [5, 5.41) is 0. The van der Waals surface area contributed by atoms with Crippen LogP contribution in [0.1, 0.15) is 58.8 Å². The average Bonchev–Trinajstić information content (AvgIpc) is 2.82. The molecule has 0 saturated carbocycles. The van der Waals surface area contributed by atoms with Crippen LogP contribution in [-0.4, -0.2) is 79.3 Å². The molecule has 4 rings (SSSR count). The molecule has 0 N–H and O–H groups in total. The van der Waals surface area contributed by atoms with Crippen molar-refractivity contribution in [1.82, 2.24) is 9.80 Å². The lowest BCUT2D eigenvalue weighted by Crippen LogP contribution is -2.72. The van der Waals surface area contributed by atoms with Gasteiger partial charge in [0.2, 0.25) is 0 Å². The number of carbonyl (C=O) groups excluding carboxylic acids is 2. The fraction of sp³-hybridized carbons (Fsp3) is 0.667. The number of ether oxygens (including phenoxy) is 1. The molecular weight excluding hydrogens is 426 g/mol. The average molecular weight is 462 g/mol. The van der Waals surface area contributed by atoms with Gasteiger partial charge in [0.1, 0.15) is 17.7 Å². The number of hydrogen-bond donors (Lipinski definition) is 0. The zero-order valence-electron chi connectivity index (χ0n) is 21.0. The number of carbonyl (C=O) groups is 2. The van der Waals surface area contributed by atoms with Gasteiger partial charge in [0.25, 0.3) is 0 Å². The summed E-state index contributed by atoms with van der Waals surface area (Å²) in [7, 11) is 1.37. The van der Waals surface area contributed by atoms with Crippen LogP contribution in [0.4, 0.5) is 9.18 Å². The highest BCUT2D eigenvalue weighted by Gasteiger charge is 2.53. The predicted octanol–water partition coefficient (Wildman–Crippen LogP) is 3.11. The van der Waals surface area contributed by atoms with Crippen LogP contribution in [0.3, 0.4) is 0 Å². The highest BCUT2D eigenvalue weighted by molar-refractivity contribution is 6.62. The zero-order chi connectivity index (χ0) is 24.8. The second kappa shape index (κ2) is 8.67. The smallest absolute Gasteiger partial charge is 0.444 e. The molecule has 33 heavy (non-hydrogen) atoms. The van der Waals surface area contributed by atoms with Crippen LogP contribution in [0.5, 0.6) is 0 Å². The van der Waals surface area contributed by atoms with Crippen molar-refractivity contribution in [3.63, 3.8) is 0 Å². The molecule has 3 aliphatic heterocycles. The summed E-state index contributed by atoms with van der Waals surface area (Å²) in [5.74, 6) is -0.488. The summed E-state index contributed by atoms with van der Waals surface area (Å²) < 4.78 is 30.7. The molecule has 0 atom stereocenters. The van der Waals surface area contributed by atoms with Gasteiger partial charge in [-0.2, -0.15) is 0 Å². The summed E-state index contributed by atoms with van der Waals surface area (Å²) in [6.07, 6.45) is 0.444. The van der Waals surface area contributed by atoms with Gasteiger partial charge >= 0.3 is 13.2 Å². The number of amides is 1. The van der Waals surface area contributed by atoms with Crippen LogP contribution >= 0.6 is 0 Å². The third-order valence-corrected chi connectivity index (χ3v) is 6.58. The third-order valence-electron chi connectivity index (χ3n) is 6.58. The third kappa shape index (κ3) is 5.58. The molecule has 1 aromatic carbocycles. The van der Waals surface area contributed by atoms with Gasteiger partial charge in [-0.25, -0.2) is 9.18 Å². The second-order valence-corrected chi connectivity index (χ2v) is 11.5. The first-order chi connectivity index (χ1) is 15.1. The number of likely N-dealkylation sites (tertiary alicyclic amines) is 2. The van der Waals surface area contributed by atoms with Crippen LogP contribution in [0.2, 0.25) is 0 Å². The molecule has 0 unspecified atom stereocenters. The zero-order valence-corrected chi connectivity index (χ0v) is 21.0. The first-order valence-corrected chi connectivity index (χ1v) is 11.3. The summed E-state index contributed by atoms with van der Waals surface area (Å²) in [6, 6.07) is 4.27. The minimum Gasteiger partial charge on any atom is -0.444 e. The molecule has 1 aromatic rings. The molecule has 3 aliphatic rings. The molecule has 0 aliphatic carbocycles. The maximum absolute atomic E-state index is 13.9. The molecule has 9 heteroatoms. The monoisotopic (exact) mass is 462 g/mol. The molecule has 1 spiro atoms. The minimum atomic E-state index is -0.740. The van der Waals surface area contributed by atoms with E-state index in [1.807, 2.05) is 48.5 Å². The van der Waals surface area contributed by atoms with E-state index in [-0.39, 0.29) is 11.7 Å². The summed E-state index contributed by atoms with van der Waals surface area (Å²) in [5.41, 5.74) is -0.380. The topological polar surface area (TPSA) is 68.3 Å². The lowest BCUT2D eigenvalue weighted by Gasteiger charge is -2.59. The molecule has 0 radical (unpaired) electrons. The van der Waals surface area contributed by atoms with Crippen LogP contribution in [0.25, 0.3) is 0 Å². The Labute approximate surface area is 196 Å². The van der Waals surface area contributed by atoms with Gasteiger partial charge in [0.05, 0.1) is 11.2 Å². The van der Waals surface area contributed by atoms with Gasteiger partial charge in [0.15, 0.2) is 0 Å².